The Morgan fingerprint density at radius 1 is 1.71 bits per heavy atom. The minimum atomic E-state index is -0.158. The highest BCUT2D eigenvalue weighted by Gasteiger charge is 2.24. The van der Waals surface area contributed by atoms with Crippen LogP contribution in [0.1, 0.15) is 13.8 Å². The molecule has 0 aliphatic carbocycles. The van der Waals surface area contributed by atoms with Crippen LogP contribution in [0.4, 0.5) is 0 Å². The van der Waals surface area contributed by atoms with Gasteiger partial charge in [-0.25, -0.2) is 0 Å². The van der Waals surface area contributed by atoms with Crippen molar-refractivity contribution >= 4 is 17.7 Å². The third-order valence-electron chi connectivity index (χ3n) is 2.18. The quantitative estimate of drug-likeness (QED) is 0.666. The minimum absolute atomic E-state index is 0.0200. The number of nitrogens with one attached hydrogen (secondary N) is 2. The van der Waals surface area contributed by atoms with Crippen molar-refractivity contribution in [3.05, 3.63) is 0 Å². The van der Waals surface area contributed by atoms with Crippen LogP contribution in [0.3, 0.4) is 0 Å². The molecule has 1 aliphatic rings. The zero-order valence-corrected chi connectivity index (χ0v) is 9.36. The third kappa shape index (κ3) is 2.93. The average molecular weight is 212 g/mol. The maximum absolute atomic E-state index is 11.6. The monoisotopic (exact) mass is 212 g/mol. The predicted molar refractivity (Wildman–Crippen MR) is 59.9 cm³/mol. The Bertz CT molecular complexity index is 241. The maximum atomic E-state index is 11.6. The van der Waals surface area contributed by atoms with Crippen LogP contribution >= 0.6 is 11.8 Å². The van der Waals surface area contributed by atoms with Gasteiger partial charge in [-0.2, -0.15) is 0 Å². The molecular weight excluding hydrogens is 196 g/mol. The molecule has 1 rings (SSSR count). The molecule has 1 aliphatic heterocycles. The molecule has 4 heteroatoms. The van der Waals surface area contributed by atoms with Gasteiger partial charge in [0.1, 0.15) is 0 Å². The molecule has 1 heterocycles. The number of hydrogen-bond donors (Lipinski definition) is 2. The molecule has 2 atom stereocenters. The first-order valence-electron chi connectivity index (χ1n) is 4.72. The third-order valence-corrected chi connectivity index (χ3v) is 3.12. The predicted octanol–water partition coefficient (Wildman–Crippen LogP) is 0.423. The lowest BCUT2D eigenvalue weighted by molar-refractivity contribution is -0.123. The van der Waals surface area contributed by atoms with Crippen molar-refractivity contribution in [1.29, 1.82) is 0 Å². The summed E-state index contributed by atoms with van der Waals surface area (Å²) in [7, 11) is 0. The standard InChI is InChI=1S/C10H16N2OS/c1-4-8(7(2)3)12-10(13)9-5-14-6-11-9/h1,7-9,11H,5-6H2,2-3H3,(H,12,13). The summed E-state index contributed by atoms with van der Waals surface area (Å²) >= 11 is 1.73. The molecule has 1 saturated heterocycles. The number of carbonyl (C=O) groups excluding carboxylic acids is 1. The van der Waals surface area contributed by atoms with E-state index >= 15 is 0 Å². The lowest BCUT2D eigenvalue weighted by Crippen LogP contribution is -2.47. The highest BCUT2D eigenvalue weighted by atomic mass is 32.2. The number of carbonyl (C=O) groups is 1. The van der Waals surface area contributed by atoms with Crippen molar-refractivity contribution in [1.82, 2.24) is 10.6 Å². The molecule has 1 fully saturated rings. The van der Waals surface area contributed by atoms with Crippen LogP contribution in [0.2, 0.25) is 0 Å². The van der Waals surface area contributed by atoms with E-state index in [2.05, 4.69) is 16.6 Å². The summed E-state index contributed by atoms with van der Waals surface area (Å²) in [6.07, 6.45) is 5.33. The number of hydrogen-bond acceptors (Lipinski definition) is 3. The van der Waals surface area contributed by atoms with Crippen molar-refractivity contribution in [3.63, 3.8) is 0 Å². The first-order chi connectivity index (χ1) is 6.65. The Morgan fingerprint density at radius 3 is 2.86 bits per heavy atom. The Morgan fingerprint density at radius 2 is 2.43 bits per heavy atom. The largest absolute Gasteiger partial charge is 0.341 e. The molecule has 0 spiro atoms. The van der Waals surface area contributed by atoms with E-state index in [0.717, 1.165) is 11.6 Å². The minimum Gasteiger partial charge on any atom is -0.341 e. The highest BCUT2D eigenvalue weighted by Crippen LogP contribution is 2.10. The Hall–Kier alpha value is -0.660. The molecule has 0 aromatic rings. The van der Waals surface area contributed by atoms with Crippen molar-refractivity contribution in [3.8, 4) is 12.3 Å². The first-order valence-corrected chi connectivity index (χ1v) is 5.88. The smallest absolute Gasteiger partial charge is 0.238 e. The number of thioether (sulfide) groups is 1. The summed E-state index contributed by atoms with van der Waals surface area (Å²) in [5.41, 5.74) is 0. The fourth-order valence-corrected chi connectivity index (χ4v) is 2.16. The van der Waals surface area contributed by atoms with E-state index in [4.69, 9.17) is 6.42 Å². The number of rotatable bonds is 3. The SMILES string of the molecule is C#CC(NC(=O)C1CSCN1)C(C)C. The van der Waals surface area contributed by atoms with Gasteiger partial charge in [0, 0.05) is 11.6 Å². The molecule has 0 aromatic carbocycles. The van der Waals surface area contributed by atoms with Gasteiger partial charge < -0.3 is 5.32 Å². The molecule has 14 heavy (non-hydrogen) atoms. The van der Waals surface area contributed by atoms with Gasteiger partial charge in [-0.3, -0.25) is 10.1 Å². The molecular formula is C10H16N2OS. The lowest BCUT2D eigenvalue weighted by Gasteiger charge is -2.18. The van der Waals surface area contributed by atoms with Gasteiger partial charge in [0.15, 0.2) is 0 Å². The highest BCUT2D eigenvalue weighted by molar-refractivity contribution is 7.99. The van der Waals surface area contributed by atoms with Crippen LogP contribution in [-0.2, 0) is 4.79 Å². The Kier molecular flexibility index (Phi) is 4.30. The van der Waals surface area contributed by atoms with Gasteiger partial charge in [0.05, 0.1) is 12.1 Å². The van der Waals surface area contributed by atoms with Crippen LogP contribution in [0.25, 0.3) is 0 Å². The molecule has 3 nitrogen and oxygen atoms in total. The normalized spacial score (nSPS) is 23.1. The second-order valence-corrected chi connectivity index (χ2v) is 4.70. The van der Waals surface area contributed by atoms with Crippen LogP contribution < -0.4 is 10.6 Å². The van der Waals surface area contributed by atoms with E-state index in [-0.39, 0.29) is 23.9 Å². The second-order valence-electron chi connectivity index (χ2n) is 3.67. The summed E-state index contributed by atoms with van der Waals surface area (Å²) < 4.78 is 0. The summed E-state index contributed by atoms with van der Waals surface area (Å²) in [6.45, 7) is 4.00. The van der Waals surface area contributed by atoms with Crippen molar-refractivity contribution in [2.45, 2.75) is 25.9 Å². The number of amides is 1. The Balaban J connectivity index is 2.42. The van der Waals surface area contributed by atoms with E-state index in [1.54, 1.807) is 11.8 Å². The zero-order valence-electron chi connectivity index (χ0n) is 8.54. The summed E-state index contributed by atoms with van der Waals surface area (Å²) in [4.78, 5) is 11.6. The van der Waals surface area contributed by atoms with E-state index in [0.29, 0.717) is 0 Å². The van der Waals surface area contributed by atoms with Crippen molar-refractivity contribution in [2.75, 3.05) is 11.6 Å². The summed E-state index contributed by atoms with van der Waals surface area (Å²) in [6, 6.07) is -0.232. The van der Waals surface area contributed by atoms with Crippen LogP contribution in [0, 0.1) is 18.3 Å². The van der Waals surface area contributed by atoms with Gasteiger partial charge >= 0.3 is 0 Å². The van der Waals surface area contributed by atoms with Crippen LogP contribution in [0.5, 0.6) is 0 Å². The molecule has 1 amide bonds. The zero-order chi connectivity index (χ0) is 10.6. The molecule has 0 aromatic heterocycles. The molecule has 78 valence electrons. The van der Waals surface area contributed by atoms with Crippen molar-refractivity contribution < 1.29 is 4.79 Å². The van der Waals surface area contributed by atoms with E-state index in [1.165, 1.54) is 0 Å². The number of terminal acetylenes is 1. The average Bonchev–Trinajstić information content (AvgIpc) is 2.65. The molecule has 2 unspecified atom stereocenters. The Labute approximate surface area is 89.4 Å². The summed E-state index contributed by atoms with van der Waals surface area (Å²) in [5, 5.41) is 5.96. The topological polar surface area (TPSA) is 41.1 Å². The van der Waals surface area contributed by atoms with Crippen LogP contribution in [-0.4, -0.2) is 29.6 Å². The first kappa shape index (κ1) is 11.4. The molecule has 0 bridgehead atoms. The van der Waals surface area contributed by atoms with E-state index in [1.807, 2.05) is 13.8 Å². The molecule has 0 radical (unpaired) electrons. The van der Waals surface area contributed by atoms with E-state index in [9.17, 15) is 4.79 Å². The fraction of sp³-hybridized carbons (Fsp3) is 0.700. The molecule has 2 N–H and O–H groups in total. The van der Waals surface area contributed by atoms with Gasteiger partial charge in [0.2, 0.25) is 5.91 Å². The van der Waals surface area contributed by atoms with Gasteiger partial charge in [-0.05, 0) is 5.92 Å². The van der Waals surface area contributed by atoms with Crippen molar-refractivity contribution in [2.24, 2.45) is 5.92 Å². The molecule has 0 saturated carbocycles. The maximum Gasteiger partial charge on any atom is 0.238 e. The van der Waals surface area contributed by atoms with Gasteiger partial charge in [-0.15, -0.1) is 18.2 Å². The van der Waals surface area contributed by atoms with Crippen LogP contribution in [0.15, 0.2) is 0 Å². The lowest BCUT2D eigenvalue weighted by atomic mass is 10.1. The fourth-order valence-electron chi connectivity index (χ4n) is 1.22. The van der Waals surface area contributed by atoms with E-state index < -0.39 is 0 Å². The van der Waals surface area contributed by atoms with Gasteiger partial charge in [-0.1, -0.05) is 19.8 Å². The van der Waals surface area contributed by atoms with Gasteiger partial charge in [0.25, 0.3) is 0 Å². The summed E-state index contributed by atoms with van der Waals surface area (Å²) in [5.74, 6) is 4.57. The second kappa shape index (κ2) is 5.28.